The van der Waals surface area contributed by atoms with Crippen LogP contribution in [0.4, 0.5) is 5.82 Å². The van der Waals surface area contributed by atoms with E-state index >= 15 is 0 Å². The summed E-state index contributed by atoms with van der Waals surface area (Å²) >= 11 is 0. The second kappa shape index (κ2) is 6.67. The number of hydrogen-bond acceptors (Lipinski definition) is 5. The van der Waals surface area contributed by atoms with Crippen molar-refractivity contribution in [2.75, 3.05) is 11.9 Å². The summed E-state index contributed by atoms with van der Waals surface area (Å²) < 4.78 is 4.82. The number of carboxylic acid groups (broad SMARTS) is 1. The molecule has 0 saturated carbocycles. The number of aryl methyl sites for hydroxylation is 1. The summed E-state index contributed by atoms with van der Waals surface area (Å²) in [7, 11) is 0. The maximum Gasteiger partial charge on any atom is 0.325 e. The molecule has 1 amide bonds. The van der Waals surface area contributed by atoms with Crippen molar-refractivity contribution in [1.29, 1.82) is 0 Å². The first kappa shape index (κ1) is 14.7. The fourth-order valence-electron chi connectivity index (χ4n) is 1.80. The van der Waals surface area contributed by atoms with Gasteiger partial charge in [0.25, 0.3) is 0 Å². The molecule has 21 heavy (non-hydrogen) atoms. The van der Waals surface area contributed by atoms with Crippen molar-refractivity contribution in [2.24, 2.45) is 0 Å². The number of rotatable bonds is 6. The third-order valence-electron chi connectivity index (χ3n) is 2.74. The predicted octanol–water partition coefficient (Wildman–Crippen LogP) is 1.34. The minimum Gasteiger partial charge on any atom is -0.480 e. The average Bonchev–Trinajstić information content (AvgIpc) is 2.85. The molecule has 1 unspecified atom stereocenters. The summed E-state index contributed by atoms with van der Waals surface area (Å²) in [6, 6.07) is 9.27. The topological polar surface area (TPSA) is 104 Å². The van der Waals surface area contributed by atoms with Gasteiger partial charge in [-0.25, -0.2) is 0 Å². The molecule has 1 heterocycles. The largest absolute Gasteiger partial charge is 0.480 e. The molecule has 3 N–H and O–H groups in total. The number of nitrogens with one attached hydrogen (secondary N) is 2. The van der Waals surface area contributed by atoms with Gasteiger partial charge in [0, 0.05) is 6.07 Å². The van der Waals surface area contributed by atoms with Gasteiger partial charge < -0.3 is 14.9 Å². The van der Waals surface area contributed by atoms with E-state index in [1.807, 2.05) is 0 Å². The van der Waals surface area contributed by atoms with Gasteiger partial charge in [0.05, 0.1) is 6.54 Å². The van der Waals surface area contributed by atoms with Crippen molar-refractivity contribution in [3.8, 4) is 0 Å². The number of carbonyl (C=O) groups excluding carboxylic acids is 1. The van der Waals surface area contributed by atoms with Gasteiger partial charge >= 0.3 is 5.97 Å². The quantitative estimate of drug-likeness (QED) is 0.741. The highest BCUT2D eigenvalue weighted by molar-refractivity contribution is 5.91. The summed E-state index contributed by atoms with van der Waals surface area (Å²) in [6.45, 7) is 1.55. The molecule has 7 heteroatoms. The minimum absolute atomic E-state index is 0.155. The molecule has 7 nitrogen and oxygen atoms in total. The van der Waals surface area contributed by atoms with Crippen LogP contribution in [0.5, 0.6) is 0 Å². The molecule has 0 spiro atoms. The Hall–Kier alpha value is -2.67. The summed E-state index contributed by atoms with van der Waals surface area (Å²) in [5.74, 6) is -0.575. The van der Waals surface area contributed by atoms with Crippen molar-refractivity contribution in [1.82, 2.24) is 10.5 Å². The molecule has 0 bridgehead atoms. The third-order valence-corrected chi connectivity index (χ3v) is 2.74. The highest BCUT2D eigenvalue weighted by Crippen LogP contribution is 2.12. The predicted molar refractivity (Wildman–Crippen MR) is 74.7 cm³/mol. The molecule has 0 aliphatic carbocycles. The number of hydrogen-bond donors (Lipinski definition) is 3. The first-order valence-electron chi connectivity index (χ1n) is 6.30. The Bertz CT molecular complexity index is 624. The Kier molecular flexibility index (Phi) is 4.68. The second-order valence-corrected chi connectivity index (χ2v) is 4.43. The van der Waals surface area contributed by atoms with Gasteiger partial charge in [0.2, 0.25) is 5.91 Å². The summed E-state index contributed by atoms with van der Waals surface area (Å²) in [5.41, 5.74) is 0.579. The molecule has 0 aliphatic heterocycles. The second-order valence-electron chi connectivity index (χ2n) is 4.43. The zero-order valence-electron chi connectivity index (χ0n) is 11.4. The highest BCUT2D eigenvalue weighted by Gasteiger charge is 2.20. The fourth-order valence-corrected chi connectivity index (χ4v) is 1.80. The van der Waals surface area contributed by atoms with Crippen molar-refractivity contribution in [3.63, 3.8) is 0 Å². The molecule has 0 radical (unpaired) electrons. The molecule has 1 atom stereocenters. The fraction of sp³-hybridized carbons (Fsp3) is 0.214. The van der Waals surface area contributed by atoms with Crippen LogP contribution in [0.15, 0.2) is 40.9 Å². The van der Waals surface area contributed by atoms with Crippen LogP contribution < -0.4 is 10.6 Å². The Morgan fingerprint density at radius 2 is 2.05 bits per heavy atom. The zero-order valence-corrected chi connectivity index (χ0v) is 11.4. The van der Waals surface area contributed by atoms with E-state index in [9.17, 15) is 14.7 Å². The summed E-state index contributed by atoms with van der Waals surface area (Å²) in [4.78, 5) is 23.0. The SMILES string of the molecule is Cc1cc(NC(=O)CNC(C(=O)O)c2ccccc2)no1. The minimum atomic E-state index is -1.05. The Morgan fingerprint density at radius 3 is 2.62 bits per heavy atom. The lowest BCUT2D eigenvalue weighted by Crippen LogP contribution is -2.35. The van der Waals surface area contributed by atoms with E-state index in [2.05, 4.69) is 15.8 Å². The van der Waals surface area contributed by atoms with E-state index in [0.717, 1.165) is 0 Å². The Morgan fingerprint density at radius 1 is 1.33 bits per heavy atom. The van der Waals surface area contributed by atoms with E-state index in [4.69, 9.17) is 4.52 Å². The van der Waals surface area contributed by atoms with E-state index in [0.29, 0.717) is 17.1 Å². The number of amides is 1. The van der Waals surface area contributed by atoms with Gasteiger partial charge in [-0.3, -0.25) is 14.9 Å². The monoisotopic (exact) mass is 289 g/mol. The van der Waals surface area contributed by atoms with Crippen molar-refractivity contribution < 1.29 is 19.2 Å². The lowest BCUT2D eigenvalue weighted by Gasteiger charge is -2.14. The number of aliphatic carboxylic acids is 1. The summed E-state index contributed by atoms with van der Waals surface area (Å²) in [5, 5.41) is 18.0. The zero-order chi connectivity index (χ0) is 15.2. The van der Waals surface area contributed by atoms with Crippen LogP contribution in [0.2, 0.25) is 0 Å². The van der Waals surface area contributed by atoms with Crippen LogP contribution in [0.25, 0.3) is 0 Å². The molecule has 0 aliphatic rings. The van der Waals surface area contributed by atoms with E-state index in [1.165, 1.54) is 0 Å². The van der Waals surface area contributed by atoms with Crippen LogP contribution in [-0.4, -0.2) is 28.7 Å². The number of carbonyl (C=O) groups is 2. The highest BCUT2D eigenvalue weighted by atomic mass is 16.5. The van der Waals surface area contributed by atoms with E-state index in [1.54, 1.807) is 43.3 Å². The van der Waals surface area contributed by atoms with Crippen LogP contribution in [0, 0.1) is 6.92 Å². The number of carboxylic acids is 1. The Balaban J connectivity index is 1.93. The molecule has 0 fully saturated rings. The lowest BCUT2D eigenvalue weighted by atomic mass is 10.1. The number of benzene rings is 1. The van der Waals surface area contributed by atoms with Crippen LogP contribution >= 0.6 is 0 Å². The standard InChI is InChI=1S/C14H15N3O4/c1-9-7-11(17-21-9)16-12(18)8-15-13(14(19)20)10-5-3-2-4-6-10/h2-7,13,15H,8H2,1H3,(H,19,20)(H,16,17,18). The molecular weight excluding hydrogens is 274 g/mol. The first-order chi connectivity index (χ1) is 10.1. The molecule has 2 aromatic rings. The number of anilines is 1. The van der Waals surface area contributed by atoms with Crippen molar-refractivity contribution in [3.05, 3.63) is 47.7 Å². The van der Waals surface area contributed by atoms with Crippen LogP contribution in [-0.2, 0) is 9.59 Å². The summed E-state index contributed by atoms with van der Waals surface area (Å²) in [6.07, 6.45) is 0. The van der Waals surface area contributed by atoms with E-state index < -0.39 is 17.9 Å². The van der Waals surface area contributed by atoms with Crippen LogP contribution in [0.1, 0.15) is 17.4 Å². The average molecular weight is 289 g/mol. The van der Waals surface area contributed by atoms with Gasteiger partial charge in [-0.05, 0) is 12.5 Å². The van der Waals surface area contributed by atoms with Crippen molar-refractivity contribution in [2.45, 2.75) is 13.0 Å². The normalized spacial score (nSPS) is 11.9. The lowest BCUT2D eigenvalue weighted by molar-refractivity contribution is -0.139. The maximum atomic E-state index is 11.7. The van der Waals surface area contributed by atoms with Gasteiger partial charge in [0.15, 0.2) is 5.82 Å². The molecular formula is C14H15N3O4. The van der Waals surface area contributed by atoms with Gasteiger partial charge in [-0.15, -0.1) is 0 Å². The molecule has 0 saturated heterocycles. The molecule has 110 valence electrons. The molecule has 1 aromatic carbocycles. The number of aromatic nitrogens is 1. The van der Waals surface area contributed by atoms with Gasteiger partial charge in [-0.1, -0.05) is 35.5 Å². The van der Waals surface area contributed by atoms with E-state index in [-0.39, 0.29) is 6.54 Å². The Labute approximate surface area is 120 Å². The van der Waals surface area contributed by atoms with Gasteiger partial charge in [-0.2, -0.15) is 0 Å². The van der Waals surface area contributed by atoms with Crippen molar-refractivity contribution >= 4 is 17.7 Å². The molecule has 1 aromatic heterocycles. The van der Waals surface area contributed by atoms with Gasteiger partial charge in [0.1, 0.15) is 11.8 Å². The number of nitrogens with zero attached hydrogens (tertiary/aromatic N) is 1. The maximum absolute atomic E-state index is 11.7. The van der Waals surface area contributed by atoms with Crippen LogP contribution in [0.3, 0.4) is 0 Å². The molecule has 2 rings (SSSR count). The first-order valence-corrected chi connectivity index (χ1v) is 6.30. The smallest absolute Gasteiger partial charge is 0.325 e. The third kappa shape index (κ3) is 4.15.